The van der Waals surface area contributed by atoms with Crippen molar-refractivity contribution in [2.75, 3.05) is 0 Å². The first-order valence-corrected chi connectivity index (χ1v) is 10.9. The maximum atomic E-state index is 13.3. The van der Waals surface area contributed by atoms with Crippen LogP contribution in [0, 0.1) is 5.92 Å². The second kappa shape index (κ2) is 8.68. The number of cyclic esters (lactones) is 1. The first-order chi connectivity index (χ1) is 15.8. The Kier molecular flexibility index (Phi) is 5.43. The first kappa shape index (κ1) is 20.0. The lowest BCUT2D eigenvalue weighted by Gasteiger charge is -2.29. The summed E-state index contributed by atoms with van der Waals surface area (Å²) in [6.07, 6.45) is 2.64. The molecule has 0 N–H and O–H groups in total. The van der Waals surface area contributed by atoms with Gasteiger partial charge in [0.05, 0.1) is 5.92 Å². The average Bonchev–Trinajstić information content (AvgIpc) is 3.22. The van der Waals surface area contributed by atoms with Gasteiger partial charge >= 0.3 is 5.97 Å². The van der Waals surface area contributed by atoms with E-state index in [1.165, 1.54) is 0 Å². The van der Waals surface area contributed by atoms with Crippen LogP contribution in [0.25, 0.3) is 5.57 Å². The molecule has 156 valence electrons. The second-order valence-electron chi connectivity index (χ2n) is 8.10. The molecule has 2 heteroatoms. The van der Waals surface area contributed by atoms with E-state index in [0.29, 0.717) is 6.42 Å². The normalized spacial score (nSPS) is 16.9. The van der Waals surface area contributed by atoms with Gasteiger partial charge in [-0.05, 0) is 16.7 Å². The van der Waals surface area contributed by atoms with E-state index in [1.54, 1.807) is 0 Å². The summed E-state index contributed by atoms with van der Waals surface area (Å²) in [4.78, 5) is 13.3. The molecule has 0 aliphatic carbocycles. The van der Waals surface area contributed by atoms with Crippen molar-refractivity contribution >= 4 is 11.5 Å². The molecule has 1 fully saturated rings. The topological polar surface area (TPSA) is 26.3 Å². The largest absolute Gasteiger partial charge is 0.449 e. The van der Waals surface area contributed by atoms with Crippen molar-refractivity contribution < 1.29 is 9.53 Å². The Bertz CT molecular complexity index is 1130. The van der Waals surface area contributed by atoms with E-state index < -0.39 is 5.60 Å². The average molecular weight is 417 g/mol. The molecule has 0 bridgehead atoms. The van der Waals surface area contributed by atoms with Crippen molar-refractivity contribution in [2.45, 2.75) is 12.0 Å². The van der Waals surface area contributed by atoms with E-state index in [4.69, 9.17) is 4.74 Å². The summed E-state index contributed by atoms with van der Waals surface area (Å²) in [5.41, 5.74) is 4.42. The van der Waals surface area contributed by atoms with E-state index in [-0.39, 0.29) is 11.9 Å². The molecule has 1 heterocycles. The van der Waals surface area contributed by atoms with Gasteiger partial charge in [0.25, 0.3) is 0 Å². The van der Waals surface area contributed by atoms with Gasteiger partial charge in [-0.15, -0.1) is 0 Å². The molecular formula is C30H24O2. The molecule has 32 heavy (non-hydrogen) atoms. The predicted molar refractivity (Wildman–Crippen MR) is 128 cm³/mol. The van der Waals surface area contributed by atoms with Crippen LogP contribution in [0.2, 0.25) is 0 Å². The Labute approximate surface area is 188 Å². The monoisotopic (exact) mass is 416 g/mol. The molecule has 4 aromatic carbocycles. The fourth-order valence-electron chi connectivity index (χ4n) is 4.54. The predicted octanol–water partition coefficient (Wildman–Crippen LogP) is 6.63. The van der Waals surface area contributed by atoms with Crippen LogP contribution in [0.1, 0.15) is 28.7 Å². The zero-order valence-corrected chi connectivity index (χ0v) is 17.7. The van der Waals surface area contributed by atoms with Crippen LogP contribution in [0.3, 0.4) is 0 Å². The number of benzene rings is 4. The second-order valence-corrected chi connectivity index (χ2v) is 8.10. The number of hydrogen-bond donors (Lipinski definition) is 0. The summed E-state index contributed by atoms with van der Waals surface area (Å²) in [5.74, 6) is -0.548. The highest BCUT2D eigenvalue weighted by atomic mass is 16.6. The van der Waals surface area contributed by atoms with E-state index in [2.05, 4.69) is 30.3 Å². The van der Waals surface area contributed by atoms with Crippen LogP contribution in [-0.4, -0.2) is 5.97 Å². The molecule has 1 aliphatic heterocycles. The molecule has 0 saturated carbocycles. The van der Waals surface area contributed by atoms with Crippen molar-refractivity contribution in [1.29, 1.82) is 0 Å². The molecule has 0 radical (unpaired) electrons. The Morgan fingerprint density at radius 1 is 0.656 bits per heavy atom. The van der Waals surface area contributed by atoms with E-state index in [0.717, 1.165) is 27.8 Å². The Morgan fingerprint density at radius 2 is 1.06 bits per heavy atom. The molecule has 5 rings (SSSR count). The molecular weight excluding hydrogens is 392 g/mol. The highest BCUT2D eigenvalue weighted by molar-refractivity contribution is 5.86. The third kappa shape index (κ3) is 3.76. The van der Waals surface area contributed by atoms with Crippen LogP contribution in [-0.2, 0) is 15.1 Å². The van der Waals surface area contributed by atoms with Crippen LogP contribution in [0.4, 0.5) is 0 Å². The van der Waals surface area contributed by atoms with Gasteiger partial charge in [0, 0.05) is 17.5 Å². The molecule has 1 atom stereocenters. The first-order valence-electron chi connectivity index (χ1n) is 10.9. The van der Waals surface area contributed by atoms with Crippen molar-refractivity contribution in [3.05, 3.63) is 150 Å². The van der Waals surface area contributed by atoms with E-state index >= 15 is 0 Å². The third-order valence-electron chi connectivity index (χ3n) is 6.10. The summed E-state index contributed by atoms with van der Waals surface area (Å²) >= 11 is 0. The summed E-state index contributed by atoms with van der Waals surface area (Å²) in [6, 6.07) is 40.6. The lowest BCUT2D eigenvalue weighted by Crippen LogP contribution is -2.27. The molecule has 1 saturated heterocycles. The summed E-state index contributed by atoms with van der Waals surface area (Å²) in [5, 5.41) is 0. The molecule has 0 amide bonds. The van der Waals surface area contributed by atoms with Crippen molar-refractivity contribution in [3.8, 4) is 0 Å². The zero-order chi connectivity index (χ0) is 21.8. The minimum absolute atomic E-state index is 0.193. The fraction of sp³-hybridized carbons (Fsp3) is 0.100. The minimum Gasteiger partial charge on any atom is -0.449 e. The SMILES string of the molecule is O=C1OC(c2ccccc2)(c2ccccc2)CC1C=C(c1ccccc1)c1ccccc1. The van der Waals surface area contributed by atoms with Gasteiger partial charge in [0.15, 0.2) is 5.60 Å². The van der Waals surface area contributed by atoms with Gasteiger partial charge in [-0.2, -0.15) is 0 Å². The van der Waals surface area contributed by atoms with Gasteiger partial charge < -0.3 is 4.74 Å². The van der Waals surface area contributed by atoms with Crippen molar-refractivity contribution in [2.24, 2.45) is 5.92 Å². The molecule has 4 aromatic rings. The minimum atomic E-state index is -0.792. The van der Waals surface area contributed by atoms with Gasteiger partial charge in [-0.3, -0.25) is 4.79 Å². The summed E-state index contributed by atoms with van der Waals surface area (Å²) in [7, 11) is 0. The van der Waals surface area contributed by atoms with Gasteiger partial charge in [-0.25, -0.2) is 0 Å². The molecule has 2 nitrogen and oxygen atoms in total. The maximum absolute atomic E-state index is 13.3. The molecule has 1 unspecified atom stereocenters. The fourth-order valence-corrected chi connectivity index (χ4v) is 4.54. The maximum Gasteiger partial charge on any atom is 0.314 e. The van der Waals surface area contributed by atoms with Crippen LogP contribution < -0.4 is 0 Å². The Morgan fingerprint density at radius 3 is 1.50 bits per heavy atom. The Balaban J connectivity index is 1.61. The Hall–Kier alpha value is -3.91. The molecule has 0 spiro atoms. The van der Waals surface area contributed by atoms with Gasteiger partial charge in [-0.1, -0.05) is 127 Å². The number of hydrogen-bond acceptors (Lipinski definition) is 2. The molecule has 1 aliphatic rings. The quantitative estimate of drug-likeness (QED) is 0.342. The standard InChI is InChI=1S/C30H24O2/c31-29-25(21-28(23-13-5-1-6-14-23)24-15-7-2-8-16-24)22-30(32-29,26-17-9-3-10-18-26)27-19-11-4-12-20-27/h1-21,25H,22H2. The highest BCUT2D eigenvalue weighted by Gasteiger charge is 2.48. The number of ether oxygens (including phenoxy) is 1. The lowest BCUT2D eigenvalue weighted by atomic mass is 9.80. The van der Waals surface area contributed by atoms with Crippen molar-refractivity contribution in [3.63, 3.8) is 0 Å². The van der Waals surface area contributed by atoms with Crippen LogP contribution in [0.15, 0.2) is 127 Å². The summed E-state index contributed by atoms with van der Waals surface area (Å²) < 4.78 is 6.22. The summed E-state index contributed by atoms with van der Waals surface area (Å²) in [6.45, 7) is 0. The zero-order valence-electron chi connectivity index (χ0n) is 17.7. The van der Waals surface area contributed by atoms with E-state index in [1.807, 2.05) is 97.1 Å². The smallest absolute Gasteiger partial charge is 0.314 e. The number of carbonyl (C=O) groups is 1. The van der Waals surface area contributed by atoms with Crippen molar-refractivity contribution in [1.82, 2.24) is 0 Å². The molecule has 0 aromatic heterocycles. The number of carbonyl (C=O) groups excluding carboxylic acids is 1. The van der Waals surface area contributed by atoms with Gasteiger partial charge in [0.2, 0.25) is 0 Å². The third-order valence-corrected chi connectivity index (χ3v) is 6.10. The van der Waals surface area contributed by atoms with Crippen LogP contribution in [0.5, 0.6) is 0 Å². The van der Waals surface area contributed by atoms with E-state index in [9.17, 15) is 4.79 Å². The number of esters is 1. The van der Waals surface area contributed by atoms with Crippen LogP contribution >= 0.6 is 0 Å². The number of rotatable bonds is 5. The lowest BCUT2D eigenvalue weighted by molar-refractivity contribution is -0.147. The van der Waals surface area contributed by atoms with Gasteiger partial charge in [0.1, 0.15) is 0 Å². The highest BCUT2D eigenvalue weighted by Crippen LogP contribution is 2.46.